The molecule has 0 saturated heterocycles. The number of hydrogen-bond donors (Lipinski definition) is 0. The van der Waals surface area contributed by atoms with E-state index in [4.69, 9.17) is 0 Å². The molecule has 1 aliphatic rings. The standard InChI is InChI=1S/C17H19N/c1-18(15-10-3-2-4-11-15)17-13-7-9-14-8-5-6-12-16(14)17/h2-4,7,9-11,13H,5-6,8,12H2,1H3. The van der Waals surface area contributed by atoms with Crippen molar-refractivity contribution in [3.8, 4) is 0 Å². The van der Waals surface area contributed by atoms with Crippen LogP contribution >= 0.6 is 0 Å². The number of fused-ring (bicyclic) bond motifs is 1. The van der Waals surface area contributed by atoms with E-state index >= 15 is 0 Å². The van der Waals surface area contributed by atoms with Crippen LogP contribution in [-0.2, 0) is 12.8 Å². The number of anilines is 2. The highest BCUT2D eigenvalue weighted by molar-refractivity contribution is 5.67. The summed E-state index contributed by atoms with van der Waals surface area (Å²) in [4.78, 5) is 2.31. The molecule has 0 fully saturated rings. The normalized spacial score (nSPS) is 14.1. The summed E-state index contributed by atoms with van der Waals surface area (Å²) in [5.41, 5.74) is 5.73. The van der Waals surface area contributed by atoms with Crippen molar-refractivity contribution < 1.29 is 0 Å². The molecule has 0 aliphatic heterocycles. The lowest BCUT2D eigenvalue weighted by molar-refractivity contribution is 0.685. The van der Waals surface area contributed by atoms with Crippen molar-refractivity contribution in [2.45, 2.75) is 25.7 Å². The smallest absolute Gasteiger partial charge is 0.0443 e. The highest BCUT2D eigenvalue weighted by atomic mass is 15.1. The number of hydrogen-bond acceptors (Lipinski definition) is 1. The fourth-order valence-corrected chi connectivity index (χ4v) is 2.87. The lowest BCUT2D eigenvalue weighted by Crippen LogP contribution is -2.14. The first-order chi connectivity index (χ1) is 8.86. The molecule has 0 unspecified atom stereocenters. The van der Waals surface area contributed by atoms with Gasteiger partial charge in [0.05, 0.1) is 0 Å². The topological polar surface area (TPSA) is 3.24 Å². The Balaban J connectivity index is 2.02. The van der Waals surface area contributed by atoms with Crippen LogP contribution in [0.15, 0.2) is 48.5 Å². The molecule has 1 nitrogen and oxygen atoms in total. The van der Waals surface area contributed by atoms with Crippen LogP contribution < -0.4 is 4.90 Å². The first-order valence-corrected chi connectivity index (χ1v) is 6.76. The monoisotopic (exact) mass is 237 g/mol. The summed E-state index contributed by atoms with van der Waals surface area (Å²) in [6.07, 6.45) is 5.13. The van der Waals surface area contributed by atoms with E-state index in [1.807, 2.05) is 0 Å². The highest BCUT2D eigenvalue weighted by Crippen LogP contribution is 2.33. The van der Waals surface area contributed by atoms with Gasteiger partial charge in [-0.1, -0.05) is 30.3 Å². The average molecular weight is 237 g/mol. The van der Waals surface area contributed by atoms with Crippen LogP contribution in [-0.4, -0.2) is 7.05 Å². The predicted octanol–water partition coefficient (Wildman–Crippen LogP) is 4.33. The van der Waals surface area contributed by atoms with E-state index in [0.29, 0.717) is 0 Å². The van der Waals surface area contributed by atoms with Crippen LogP contribution in [0.5, 0.6) is 0 Å². The Labute approximate surface area is 109 Å². The number of rotatable bonds is 2. The van der Waals surface area contributed by atoms with Crippen LogP contribution in [0, 0.1) is 0 Å². The Morgan fingerprint density at radius 1 is 0.833 bits per heavy atom. The molecule has 0 spiro atoms. The van der Waals surface area contributed by atoms with Gasteiger partial charge >= 0.3 is 0 Å². The molecule has 2 aromatic carbocycles. The summed E-state index contributed by atoms with van der Waals surface area (Å²) >= 11 is 0. The third kappa shape index (κ3) is 2.01. The summed E-state index contributed by atoms with van der Waals surface area (Å²) in [6.45, 7) is 0. The maximum Gasteiger partial charge on any atom is 0.0443 e. The lowest BCUT2D eigenvalue weighted by atomic mass is 9.90. The van der Waals surface area contributed by atoms with Crippen LogP contribution in [0.3, 0.4) is 0 Å². The molecule has 0 saturated carbocycles. The van der Waals surface area contributed by atoms with Crippen molar-refractivity contribution in [2.75, 3.05) is 11.9 Å². The molecule has 0 radical (unpaired) electrons. The minimum atomic E-state index is 1.22. The van der Waals surface area contributed by atoms with Crippen molar-refractivity contribution in [1.82, 2.24) is 0 Å². The molecular weight excluding hydrogens is 218 g/mol. The van der Waals surface area contributed by atoms with E-state index in [-0.39, 0.29) is 0 Å². The fourth-order valence-electron chi connectivity index (χ4n) is 2.87. The molecule has 0 heterocycles. The van der Waals surface area contributed by atoms with Crippen LogP contribution in [0.25, 0.3) is 0 Å². The van der Waals surface area contributed by atoms with Gasteiger partial charge in [-0.3, -0.25) is 0 Å². The molecule has 92 valence electrons. The van der Waals surface area contributed by atoms with E-state index < -0.39 is 0 Å². The maximum absolute atomic E-state index is 2.31. The Kier molecular flexibility index (Phi) is 3.06. The van der Waals surface area contributed by atoms with E-state index in [9.17, 15) is 0 Å². The third-order valence-corrected chi connectivity index (χ3v) is 3.88. The summed E-state index contributed by atoms with van der Waals surface area (Å²) in [5.74, 6) is 0. The van der Waals surface area contributed by atoms with Gasteiger partial charge in [0.1, 0.15) is 0 Å². The SMILES string of the molecule is CN(c1ccccc1)c1cccc2c1CCCC2. The molecular formula is C17H19N. The van der Waals surface area contributed by atoms with Crippen molar-refractivity contribution in [2.24, 2.45) is 0 Å². The molecule has 3 rings (SSSR count). The molecule has 2 aromatic rings. The van der Waals surface area contributed by atoms with Gasteiger partial charge in [0.2, 0.25) is 0 Å². The van der Waals surface area contributed by atoms with E-state index in [2.05, 4.69) is 60.5 Å². The van der Waals surface area contributed by atoms with E-state index in [0.717, 1.165) is 0 Å². The average Bonchev–Trinajstić information content (AvgIpc) is 2.47. The third-order valence-electron chi connectivity index (χ3n) is 3.88. The van der Waals surface area contributed by atoms with Crippen LogP contribution in [0.2, 0.25) is 0 Å². The molecule has 1 aliphatic carbocycles. The largest absolute Gasteiger partial charge is 0.344 e. The van der Waals surface area contributed by atoms with Gasteiger partial charge in [0.15, 0.2) is 0 Å². The first-order valence-electron chi connectivity index (χ1n) is 6.76. The number of benzene rings is 2. The second-order valence-corrected chi connectivity index (χ2v) is 5.02. The van der Waals surface area contributed by atoms with Crippen LogP contribution in [0.4, 0.5) is 11.4 Å². The Morgan fingerprint density at radius 2 is 1.61 bits per heavy atom. The van der Waals surface area contributed by atoms with E-state index in [1.54, 1.807) is 11.1 Å². The molecule has 0 N–H and O–H groups in total. The van der Waals surface area contributed by atoms with Gasteiger partial charge in [0, 0.05) is 18.4 Å². The zero-order chi connectivity index (χ0) is 12.4. The highest BCUT2D eigenvalue weighted by Gasteiger charge is 2.15. The zero-order valence-electron chi connectivity index (χ0n) is 10.9. The molecule has 18 heavy (non-hydrogen) atoms. The number of para-hydroxylation sites is 1. The summed E-state index contributed by atoms with van der Waals surface area (Å²) in [5, 5.41) is 0. The molecule has 0 atom stereocenters. The van der Waals surface area contributed by atoms with Crippen molar-refractivity contribution in [3.63, 3.8) is 0 Å². The maximum atomic E-state index is 2.31. The fraction of sp³-hybridized carbons (Fsp3) is 0.294. The van der Waals surface area contributed by atoms with Gasteiger partial charge < -0.3 is 4.90 Å². The molecule has 0 aromatic heterocycles. The predicted molar refractivity (Wildman–Crippen MR) is 77.6 cm³/mol. The Morgan fingerprint density at radius 3 is 2.44 bits per heavy atom. The minimum absolute atomic E-state index is 1.22. The van der Waals surface area contributed by atoms with Crippen LogP contribution in [0.1, 0.15) is 24.0 Å². The second-order valence-electron chi connectivity index (χ2n) is 5.02. The van der Waals surface area contributed by atoms with Crippen molar-refractivity contribution >= 4 is 11.4 Å². The molecule has 0 amide bonds. The Bertz CT molecular complexity index is 531. The number of aryl methyl sites for hydroxylation is 1. The number of nitrogens with zero attached hydrogens (tertiary/aromatic N) is 1. The van der Waals surface area contributed by atoms with Crippen molar-refractivity contribution in [3.05, 3.63) is 59.7 Å². The van der Waals surface area contributed by atoms with Gasteiger partial charge in [-0.25, -0.2) is 0 Å². The summed E-state index contributed by atoms with van der Waals surface area (Å²) < 4.78 is 0. The summed E-state index contributed by atoms with van der Waals surface area (Å²) in [7, 11) is 2.17. The zero-order valence-corrected chi connectivity index (χ0v) is 10.9. The Hall–Kier alpha value is -1.76. The minimum Gasteiger partial charge on any atom is -0.344 e. The van der Waals surface area contributed by atoms with Gasteiger partial charge in [-0.05, 0) is 55.0 Å². The first kappa shape index (κ1) is 11.3. The van der Waals surface area contributed by atoms with Crippen molar-refractivity contribution in [1.29, 1.82) is 0 Å². The summed E-state index contributed by atoms with van der Waals surface area (Å²) in [6, 6.07) is 17.3. The second kappa shape index (κ2) is 4.85. The van der Waals surface area contributed by atoms with Gasteiger partial charge in [-0.15, -0.1) is 0 Å². The molecule has 0 bridgehead atoms. The van der Waals surface area contributed by atoms with Gasteiger partial charge in [-0.2, -0.15) is 0 Å². The van der Waals surface area contributed by atoms with E-state index in [1.165, 1.54) is 37.1 Å². The molecule has 1 heteroatoms. The quantitative estimate of drug-likeness (QED) is 0.751. The lowest BCUT2D eigenvalue weighted by Gasteiger charge is -2.26. The van der Waals surface area contributed by atoms with Gasteiger partial charge in [0.25, 0.3) is 0 Å².